The monoisotopic (exact) mass is 337 g/mol. The van der Waals surface area contributed by atoms with Crippen molar-refractivity contribution >= 4 is 0 Å². The second kappa shape index (κ2) is 19.8. The lowest BCUT2D eigenvalue weighted by Gasteiger charge is -2.09. The van der Waals surface area contributed by atoms with Crippen molar-refractivity contribution in [1.29, 1.82) is 0 Å². The highest BCUT2D eigenvalue weighted by molar-refractivity contribution is 4.39. The normalized spacial score (nSPS) is 11.5. The third-order valence-electron chi connectivity index (χ3n) is 2.66. The van der Waals surface area contributed by atoms with Crippen molar-refractivity contribution in [3.8, 4) is 0 Å². The van der Waals surface area contributed by atoms with Gasteiger partial charge in [-0.1, -0.05) is 0 Å². The highest BCUT2D eigenvalue weighted by Gasteiger charge is 1.95. The van der Waals surface area contributed by atoms with Gasteiger partial charge in [0.2, 0.25) is 0 Å². The third-order valence-corrected chi connectivity index (χ3v) is 2.66. The van der Waals surface area contributed by atoms with Gasteiger partial charge in [-0.25, -0.2) is 0 Å². The molecule has 0 heterocycles. The number of rotatable bonds is 19. The van der Waals surface area contributed by atoms with Crippen LogP contribution in [0.1, 0.15) is 13.8 Å². The van der Waals surface area contributed by atoms with Crippen molar-refractivity contribution in [3.05, 3.63) is 0 Å². The van der Waals surface area contributed by atoms with Gasteiger partial charge in [0.05, 0.1) is 78.8 Å². The van der Waals surface area contributed by atoms with Crippen LogP contribution in [-0.2, 0) is 28.4 Å². The Kier molecular flexibility index (Phi) is 19.5. The van der Waals surface area contributed by atoms with Crippen molar-refractivity contribution in [2.75, 3.05) is 86.3 Å². The molecule has 0 aliphatic carbocycles. The standard InChI is InChI=1S/C16H35NO6/c1-16(2)23-15-14-22-13-12-21-11-10-20-9-8-19-7-6-18-5-4-17-3/h16-17H,4-15H2,1-3H3. The third kappa shape index (κ3) is 21.7. The van der Waals surface area contributed by atoms with E-state index in [0.29, 0.717) is 72.7 Å². The molecule has 0 fully saturated rings. The molecule has 0 atom stereocenters. The lowest BCUT2D eigenvalue weighted by molar-refractivity contribution is -0.0211. The van der Waals surface area contributed by atoms with E-state index in [9.17, 15) is 0 Å². The van der Waals surface area contributed by atoms with Crippen LogP contribution in [0.3, 0.4) is 0 Å². The van der Waals surface area contributed by atoms with Gasteiger partial charge in [-0.2, -0.15) is 0 Å². The molecule has 0 spiro atoms. The van der Waals surface area contributed by atoms with E-state index < -0.39 is 0 Å². The van der Waals surface area contributed by atoms with Crippen LogP contribution in [0.2, 0.25) is 0 Å². The van der Waals surface area contributed by atoms with Gasteiger partial charge in [0.1, 0.15) is 0 Å². The van der Waals surface area contributed by atoms with Crippen LogP contribution in [0, 0.1) is 0 Å². The smallest absolute Gasteiger partial charge is 0.0703 e. The molecule has 0 bridgehead atoms. The van der Waals surface area contributed by atoms with Gasteiger partial charge in [0.25, 0.3) is 0 Å². The fraction of sp³-hybridized carbons (Fsp3) is 1.00. The Morgan fingerprint density at radius 3 is 1.26 bits per heavy atom. The fourth-order valence-electron chi connectivity index (χ4n) is 1.50. The van der Waals surface area contributed by atoms with Crippen LogP contribution >= 0.6 is 0 Å². The minimum absolute atomic E-state index is 0.252. The highest BCUT2D eigenvalue weighted by atomic mass is 16.6. The predicted octanol–water partition coefficient (Wildman–Crippen LogP) is 0.714. The minimum Gasteiger partial charge on any atom is -0.378 e. The topological polar surface area (TPSA) is 67.4 Å². The van der Waals surface area contributed by atoms with E-state index in [1.807, 2.05) is 20.9 Å². The van der Waals surface area contributed by atoms with Gasteiger partial charge >= 0.3 is 0 Å². The largest absolute Gasteiger partial charge is 0.378 e. The molecule has 0 radical (unpaired) electrons. The first kappa shape index (κ1) is 22.7. The number of ether oxygens (including phenoxy) is 6. The summed E-state index contributed by atoms with van der Waals surface area (Å²) in [7, 11) is 1.90. The quantitative estimate of drug-likeness (QED) is 0.348. The second-order valence-corrected chi connectivity index (χ2v) is 5.08. The molecule has 0 aliphatic heterocycles. The molecule has 0 unspecified atom stereocenters. The zero-order valence-electron chi connectivity index (χ0n) is 15.0. The first-order chi connectivity index (χ1) is 11.3. The molecule has 0 rings (SSSR count). The number of hydrogen-bond donors (Lipinski definition) is 1. The molecule has 7 nitrogen and oxygen atoms in total. The first-order valence-electron chi connectivity index (χ1n) is 8.42. The van der Waals surface area contributed by atoms with Crippen LogP contribution in [0.5, 0.6) is 0 Å². The van der Waals surface area contributed by atoms with Gasteiger partial charge in [-0.05, 0) is 20.9 Å². The molecule has 0 aromatic rings. The molecule has 0 aromatic carbocycles. The van der Waals surface area contributed by atoms with Gasteiger partial charge in [0.15, 0.2) is 0 Å². The Bertz CT molecular complexity index is 219. The maximum absolute atomic E-state index is 5.39. The van der Waals surface area contributed by atoms with Gasteiger partial charge < -0.3 is 33.7 Å². The summed E-state index contributed by atoms with van der Waals surface area (Å²) < 4.78 is 32.2. The molecule has 1 N–H and O–H groups in total. The maximum Gasteiger partial charge on any atom is 0.0703 e. The van der Waals surface area contributed by atoms with E-state index in [2.05, 4.69) is 5.32 Å². The minimum atomic E-state index is 0.252. The lowest BCUT2D eigenvalue weighted by Crippen LogP contribution is -2.17. The zero-order valence-corrected chi connectivity index (χ0v) is 15.0. The highest BCUT2D eigenvalue weighted by Crippen LogP contribution is 1.88. The molecule has 0 saturated carbocycles. The number of likely N-dealkylation sites (N-methyl/N-ethyl adjacent to an activating group) is 1. The Balaban J connectivity index is 2.95. The molecule has 23 heavy (non-hydrogen) atoms. The Labute approximate surface area is 140 Å². The Morgan fingerprint density at radius 2 is 0.913 bits per heavy atom. The summed E-state index contributed by atoms with van der Waals surface area (Å²) in [6.45, 7) is 11.5. The molecule has 7 heteroatoms. The summed E-state index contributed by atoms with van der Waals surface area (Å²) in [5, 5.41) is 3.01. The van der Waals surface area contributed by atoms with Gasteiger partial charge in [-0.15, -0.1) is 0 Å². The molecule has 0 amide bonds. The van der Waals surface area contributed by atoms with Crippen molar-refractivity contribution in [1.82, 2.24) is 5.32 Å². The van der Waals surface area contributed by atoms with Crippen molar-refractivity contribution in [3.63, 3.8) is 0 Å². The van der Waals surface area contributed by atoms with Crippen LogP contribution in [0.25, 0.3) is 0 Å². The lowest BCUT2D eigenvalue weighted by atomic mass is 10.5. The number of nitrogens with one attached hydrogen (secondary N) is 1. The van der Waals surface area contributed by atoms with E-state index in [0.717, 1.165) is 6.54 Å². The second-order valence-electron chi connectivity index (χ2n) is 5.08. The van der Waals surface area contributed by atoms with Crippen molar-refractivity contribution in [2.45, 2.75) is 20.0 Å². The van der Waals surface area contributed by atoms with Gasteiger partial charge in [0, 0.05) is 6.54 Å². The molecular weight excluding hydrogens is 302 g/mol. The molecule has 0 aromatic heterocycles. The van der Waals surface area contributed by atoms with Crippen molar-refractivity contribution in [2.24, 2.45) is 0 Å². The predicted molar refractivity (Wildman–Crippen MR) is 89.1 cm³/mol. The van der Waals surface area contributed by atoms with Crippen molar-refractivity contribution < 1.29 is 28.4 Å². The SMILES string of the molecule is CNCCOCCOCCOCCOCCOCCOC(C)C. The summed E-state index contributed by atoms with van der Waals surface area (Å²) in [6, 6.07) is 0. The fourth-order valence-corrected chi connectivity index (χ4v) is 1.50. The van der Waals surface area contributed by atoms with E-state index in [4.69, 9.17) is 28.4 Å². The zero-order chi connectivity index (χ0) is 17.0. The maximum atomic E-state index is 5.39. The average Bonchev–Trinajstić information content (AvgIpc) is 2.53. The first-order valence-corrected chi connectivity index (χ1v) is 8.42. The summed E-state index contributed by atoms with van der Waals surface area (Å²) in [4.78, 5) is 0. The van der Waals surface area contributed by atoms with E-state index in [1.54, 1.807) is 0 Å². The van der Waals surface area contributed by atoms with Crippen LogP contribution in [-0.4, -0.2) is 92.4 Å². The van der Waals surface area contributed by atoms with Crippen LogP contribution in [0.15, 0.2) is 0 Å². The average molecular weight is 337 g/mol. The van der Waals surface area contributed by atoms with Crippen LogP contribution in [0.4, 0.5) is 0 Å². The summed E-state index contributed by atoms with van der Waals surface area (Å²) in [5.74, 6) is 0. The molecule has 140 valence electrons. The Morgan fingerprint density at radius 1 is 0.565 bits per heavy atom. The van der Waals surface area contributed by atoms with E-state index >= 15 is 0 Å². The molecular formula is C16H35NO6. The molecule has 0 saturated heterocycles. The summed E-state index contributed by atoms with van der Waals surface area (Å²) in [6.07, 6.45) is 0.252. The van der Waals surface area contributed by atoms with Gasteiger partial charge in [-0.3, -0.25) is 0 Å². The summed E-state index contributed by atoms with van der Waals surface area (Å²) in [5.41, 5.74) is 0. The Hall–Kier alpha value is -0.280. The van der Waals surface area contributed by atoms with E-state index in [-0.39, 0.29) is 6.10 Å². The number of hydrogen-bond acceptors (Lipinski definition) is 7. The molecule has 0 aliphatic rings. The summed E-state index contributed by atoms with van der Waals surface area (Å²) >= 11 is 0. The van der Waals surface area contributed by atoms with Crippen LogP contribution < -0.4 is 5.32 Å². The van der Waals surface area contributed by atoms with E-state index in [1.165, 1.54) is 0 Å².